The van der Waals surface area contributed by atoms with Gasteiger partial charge in [-0.3, -0.25) is 24.0 Å². The predicted molar refractivity (Wildman–Crippen MR) is 137 cm³/mol. The minimum Gasteiger partial charge on any atom is -0.481 e. The van der Waals surface area contributed by atoms with E-state index in [0.717, 1.165) is 10.9 Å². The number of carbonyl (C=O) groups is 3. The highest BCUT2D eigenvalue weighted by atomic mass is 35.5. The average Bonchev–Trinajstić information content (AvgIpc) is 3.26. The zero-order valence-corrected chi connectivity index (χ0v) is 23.1. The molecule has 0 spiro atoms. The van der Waals surface area contributed by atoms with Gasteiger partial charge in [-0.2, -0.15) is 18.3 Å². The van der Waals surface area contributed by atoms with Crippen LogP contribution in [0.3, 0.4) is 0 Å². The van der Waals surface area contributed by atoms with Crippen molar-refractivity contribution in [2.45, 2.75) is 84.5 Å². The van der Waals surface area contributed by atoms with Crippen molar-refractivity contribution in [1.29, 1.82) is 0 Å². The van der Waals surface area contributed by atoms with E-state index in [2.05, 4.69) is 10.1 Å². The fraction of sp³-hybridized carbons (Fsp3) is 0.593. The van der Waals surface area contributed by atoms with E-state index in [1.165, 1.54) is 17.3 Å². The van der Waals surface area contributed by atoms with E-state index in [0.29, 0.717) is 18.4 Å². The zero-order valence-electron chi connectivity index (χ0n) is 22.3. The standard InChI is InChI=1S/C27H32ClF3N4O4/c1-5-15-11-32-13-18(28)21(15)19(36)14-34(20-10-25(20,2)3)23(37)17-12-33-35(22(17)27(29,30)31)16-6-8-26(4,9-7-16)24(38)39/h11-13,16,20H,5-10,14H2,1-4H3,(H,38,39). The number of hydrogen-bond acceptors (Lipinski definition) is 5. The molecule has 1 amide bonds. The smallest absolute Gasteiger partial charge is 0.433 e. The van der Waals surface area contributed by atoms with Crippen LogP contribution in [0.15, 0.2) is 18.6 Å². The van der Waals surface area contributed by atoms with Gasteiger partial charge in [-0.25, -0.2) is 0 Å². The van der Waals surface area contributed by atoms with Gasteiger partial charge >= 0.3 is 12.1 Å². The molecule has 0 saturated heterocycles. The molecule has 2 aromatic rings. The number of aliphatic carboxylic acids is 1. The summed E-state index contributed by atoms with van der Waals surface area (Å²) in [5.74, 6) is -2.38. The third-order valence-electron chi connectivity index (χ3n) is 8.27. The van der Waals surface area contributed by atoms with Gasteiger partial charge in [0, 0.05) is 24.0 Å². The average molecular weight is 569 g/mol. The maximum Gasteiger partial charge on any atom is 0.433 e. The van der Waals surface area contributed by atoms with Gasteiger partial charge in [-0.1, -0.05) is 32.4 Å². The van der Waals surface area contributed by atoms with Gasteiger partial charge in [0.15, 0.2) is 11.5 Å². The van der Waals surface area contributed by atoms with E-state index in [1.54, 1.807) is 6.92 Å². The molecule has 8 nitrogen and oxygen atoms in total. The summed E-state index contributed by atoms with van der Waals surface area (Å²) in [5.41, 5.74) is -2.39. The second-order valence-electron chi connectivity index (χ2n) is 11.5. The Balaban J connectivity index is 1.68. The van der Waals surface area contributed by atoms with Crippen LogP contribution in [0.1, 0.15) is 97.8 Å². The second-order valence-corrected chi connectivity index (χ2v) is 11.9. The molecule has 2 aliphatic rings. The predicted octanol–water partition coefficient (Wildman–Crippen LogP) is 5.84. The first-order valence-corrected chi connectivity index (χ1v) is 13.3. The van der Waals surface area contributed by atoms with Crippen LogP contribution >= 0.6 is 11.6 Å². The molecule has 1 atom stereocenters. The van der Waals surface area contributed by atoms with E-state index in [4.69, 9.17) is 11.6 Å². The Morgan fingerprint density at radius 1 is 1.15 bits per heavy atom. The second kappa shape index (κ2) is 10.2. The Kier molecular flexibility index (Phi) is 7.61. The van der Waals surface area contributed by atoms with Crippen LogP contribution in [0.25, 0.3) is 0 Å². The normalized spacial score (nSPS) is 24.3. The van der Waals surface area contributed by atoms with Gasteiger partial charge in [0.2, 0.25) is 0 Å². The number of carboxylic acids is 1. The molecule has 2 aliphatic carbocycles. The van der Waals surface area contributed by atoms with Gasteiger partial charge < -0.3 is 10.0 Å². The number of aromatic nitrogens is 3. The van der Waals surface area contributed by atoms with Crippen LogP contribution < -0.4 is 0 Å². The fourth-order valence-corrected chi connectivity index (χ4v) is 5.80. The molecule has 4 rings (SSSR count). The SMILES string of the molecule is CCc1cncc(Cl)c1C(=O)CN(C(=O)c1cnn(C2CCC(C)(C(=O)O)CC2)c1C(F)(F)F)C1CC1(C)C. The molecule has 0 aliphatic heterocycles. The first kappa shape index (κ1) is 29.0. The van der Waals surface area contributed by atoms with Crippen molar-refractivity contribution in [1.82, 2.24) is 19.7 Å². The van der Waals surface area contributed by atoms with E-state index < -0.39 is 59.1 Å². The maximum atomic E-state index is 14.4. The Morgan fingerprint density at radius 2 is 1.77 bits per heavy atom. The largest absolute Gasteiger partial charge is 0.481 e. The van der Waals surface area contributed by atoms with Gasteiger partial charge in [-0.15, -0.1) is 0 Å². The minimum atomic E-state index is -4.90. The lowest BCUT2D eigenvalue weighted by Gasteiger charge is -2.34. The molecule has 1 N–H and O–H groups in total. The Bertz CT molecular complexity index is 1300. The highest BCUT2D eigenvalue weighted by Crippen LogP contribution is 2.50. The van der Waals surface area contributed by atoms with Crippen LogP contribution in [-0.4, -0.2) is 55.0 Å². The summed E-state index contributed by atoms with van der Waals surface area (Å²) in [7, 11) is 0. The van der Waals surface area contributed by atoms with Crippen molar-refractivity contribution < 1.29 is 32.7 Å². The summed E-state index contributed by atoms with van der Waals surface area (Å²) in [6.07, 6.45) is 0.595. The first-order chi connectivity index (χ1) is 18.1. The maximum absolute atomic E-state index is 14.4. The number of nitrogens with zero attached hydrogens (tertiary/aromatic N) is 4. The quantitative estimate of drug-likeness (QED) is 0.401. The lowest BCUT2D eigenvalue weighted by Crippen LogP contribution is -2.40. The van der Waals surface area contributed by atoms with Crippen molar-refractivity contribution >= 4 is 29.3 Å². The van der Waals surface area contributed by atoms with Crippen LogP contribution in [-0.2, 0) is 17.4 Å². The summed E-state index contributed by atoms with van der Waals surface area (Å²) < 4.78 is 44.1. The molecule has 0 aromatic carbocycles. The molecular weight excluding hydrogens is 537 g/mol. The molecule has 212 valence electrons. The van der Waals surface area contributed by atoms with Crippen molar-refractivity contribution in [3.8, 4) is 0 Å². The number of alkyl halides is 3. The van der Waals surface area contributed by atoms with Crippen LogP contribution in [0.5, 0.6) is 0 Å². The lowest BCUT2D eigenvalue weighted by atomic mass is 9.74. The highest BCUT2D eigenvalue weighted by Gasteiger charge is 2.53. The Hall–Kier alpha value is -2.95. The Morgan fingerprint density at radius 3 is 2.28 bits per heavy atom. The lowest BCUT2D eigenvalue weighted by molar-refractivity contribution is -0.152. The number of rotatable bonds is 8. The van der Waals surface area contributed by atoms with Crippen molar-refractivity contribution in [3.05, 3.63) is 46.0 Å². The highest BCUT2D eigenvalue weighted by molar-refractivity contribution is 6.34. The van der Waals surface area contributed by atoms with Crippen LogP contribution in [0.2, 0.25) is 5.02 Å². The molecule has 39 heavy (non-hydrogen) atoms. The number of pyridine rings is 1. The van der Waals surface area contributed by atoms with Crippen molar-refractivity contribution in [2.24, 2.45) is 10.8 Å². The number of halogens is 4. The third kappa shape index (κ3) is 5.55. The van der Waals surface area contributed by atoms with E-state index in [-0.39, 0.29) is 41.7 Å². The molecule has 0 bridgehead atoms. The summed E-state index contributed by atoms with van der Waals surface area (Å²) in [4.78, 5) is 44.0. The van der Waals surface area contributed by atoms with E-state index in [1.807, 2.05) is 20.8 Å². The number of carboxylic acid groups (broad SMARTS) is 1. The number of ketones is 1. The van der Waals surface area contributed by atoms with Gasteiger partial charge in [0.05, 0.1) is 34.8 Å². The number of carbonyl (C=O) groups excluding carboxylic acids is 2. The van der Waals surface area contributed by atoms with E-state index >= 15 is 0 Å². The van der Waals surface area contributed by atoms with Crippen LogP contribution in [0, 0.1) is 10.8 Å². The number of amides is 1. The monoisotopic (exact) mass is 568 g/mol. The number of Topliss-reactive ketones (excluding diaryl/α,β-unsaturated/α-hetero) is 1. The number of aryl methyl sites for hydroxylation is 1. The minimum absolute atomic E-state index is 0.122. The molecule has 1 unspecified atom stereocenters. The van der Waals surface area contributed by atoms with Crippen molar-refractivity contribution in [3.63, 3.8) is 0 Å². The van der Waals surface area contributed by atoms with E-state index in [9.17, 15) is 32.7 Å². The zero-order chi connectivity index (χ0) is 28.9. The molecule has 12 heteroatoms. The van der Waals surface area contributed by atoms with Gasteiger partial charge in [-0.05, 0) is 56.4 Å². The summed E-state index contributed by atoms with van der Waals surface area (Å²) in [5, 5.41) is 13.6. The summed E-state index contributed by atoms with van der Waals surface area (Å²) in [6, 6.07) is -1.14. The van der Waals surface area contributed by atoms with Crippen LogP contribution in [0.4, 0.5) is 13.2 Å². The molecular formula is C27H32ClF3N4O4. The fourth-order valence-electron chi connectivity index (χ4n) is 5.52. The summed E-state index contributed by atoms with van der Waals surface area (Å²) >= 11 is 6.26. The molecule has 2 saturated carbocycles. The molecule has 2 heterocycles. The first-order valence-electron chi connectivity index (χ1n) is 13.0. The topological polar surface area (TPSA) is 105 Å². The summed E-state index contributed by atoms with van der Waals surface area (Å²) in [6.45, 7) is 6.74. The van der Waals surface area contributed by atoms with Crippen molar-refractivity contribution in [2.75, 3.05) is 6.54 Å². The number of hydrogen-bond donors (Lipinski definition) is 1. The Labute approximate surface area is 229 Å². The molecule has 2 fully saturated rings. The van der Waals surface area contributed by atoms with Gasteiger partial charge in [0.25, 0.3) is 5.91 Å². The molecule has 0 radical (unpaired) electrons. The third-order valence-corrected chi connectivity index (χ3v) is 8.55. The van der Waals surface area contributed by atoms with Gasteiger partial charge in [0.1, 0.15) is 0 Å². The molecule has 2 aromatic heterocycles.